The fourth-order valence-electron chi connectivity index (χ4n) is 4.50. The quantitative estimate of drug-likeness (QED) is 0.311. The Morgan fingerprint density at radius 1 is 0.556 bits per heavy atom. The molecular weight excluding hydrogens is 488 g/mol. The van der Waals surface area contributed by atoms with Gasteiger partial charge in [0.25, 0.3) is 0 Å². The lowest BCUT2D eigenvalue weighted by Gasteiger charge is -2.27. The SMILES string of the molecule is CSc1cc2c(O)c(c1)CNCC(C)(C)CNCc1cc(SC)cc(c1O)CNCC(C)(C)CNC2. The van der Waals surface area contributed by atoms with Crippen molar-refractivity contribution in [1.82, 2.24) is 21.3 Å². The van der Waals surface area contributed by atoms with Gasteiger partial charge in [-0.3, -0.25) is 0 Å². The Kier molecular flexibility index (Phi) is 10.4. The summed E-state index contributed by atoms with van der Waals surface area (Å²) in [7, 11) is 0. The molecule has 36 heavy (non-hydrogen) atoms. The van der Waals surface area contributed by atoms with Crippen LogP contribution in [0.25, 0.3) is 0 Å². The normalized spacial score (nSPS) is 19.5. The van der Waals surface area contributed by atoms with Crippen molar-refractivity contribution in [3.63, 3.8) is 0 Å². The first kappa shape index (κ1) is 29.1. The van der Waals surface area contributed by atoms with E-state index in [0.29, 0.717) is 37.7 Å². The summed E-state index contributed by atoms with van der Waals surface area (Å²) in [4.78, 5) is 2.33. The predicted molar refractivity (Wildman–Crippen MR) is 154 cm³/mol. The highest BCUT2D eigenvalue weighted by Crippen LogP contribution is 2.31. The van der Waals surface area contributed by atoms with Crippen molar-refractivity contribution in [1.29, 1.82) is 0 Å². The van der Waals surface area contributed by atoms with Crippen LogP contribution in [0.4, 0.5) is 0 Å². The van der Waals surface area contributed by atoms with Crippen LogP contribution in [0.5, 0.6) is 11.5 Å². The van der Waals surface area contributed by atoms with Crippen LogP contribution in [0, 0.1) is 10.8 Å². The number of benzene rings is 2. The van der Waals surface area contributed by atoms with Crippen molar-refractivity contribution < 1.29 is 10.2 Å². The molecule has 0 unspecified atom stereocenters. The van der Waals surface area contributed by atoms with E-state index in [1.807, 2.05) is 0 Å². The summed E-state index contributed by atoms with van der Waals surface area (Å²) in [6.07, 6.45) is 4.15. The first-order chi connectivity index (χ1) is 17.0. The fraction of sp³-hybridized carbons (Fsp3) is 0.571. The Bertz CT molecular complexity index is 879. The van der Waals surface area contributed by atoms with Gasteiger partial charge in [0.05, 0.1) is 0 Å². The van der Waals surface area contributed by atoms with E-state index < -0.39 is 0 Å². The molecule has 200 valence electrons. The van der Waals surface area contributed by atoms with E-state index in [1.165, 1.54) is 0 Å². The molecule has 0 atom stereocenters. The Morgan fingerprint density at radius 3 is 1.03 bits per heavy atom. The Hall–Kier alpha value is -1.42. The molecule has 1 aliphatic rings. The zero-order chi connectivity index (χ0) is 26.3. The Labute approximate surface area is 225 Å². The maximum atomic E-state index is 11.0. The first-order valence-electron chi connectivity index (χ1n) is 12.6. The fourth-order valence-corrected chi connectivity index (χ4v) is 5.54. The topological polar surface area (TPSA) is 88.6 Å². The third-order valence-electron chi connectivity index (χ3n) is 6.63. The molecule has 6 N–H and O–H groups in total. The Morgan fingerprint density at radius 2 is 0.806 bits per heavy atom. The van der Waals surface area contributed by atoms with Gasteiger partial charge in [0.15, 0.2) is 0 Å². The third-order valence-corrected chi connectivity index (χ3v) is 8.04. The minimum atomic E-state index is 0.000654. The number of phenols is 2. The van der Waals surface area contributed by atoms with E-state index in [-0.39, 0.29) is 10.8 Å². The molecular formula is C28H44N4O2S2. The van der Waals surface area contributed by atoms with Crippen LogP contribution in [0.3, 0.4) is 0 Å². The zero-order valence-electron chi connectivity index (χ0n) is 22.7. The van der Waals surface area contributed by atoms with Gasteiger partial charge < -0.3 is 31.5 Å². The zero-order valence-corrected chi connectivity index (χ0v) is 24.3. The number of hydrogen-bond acceptors (Lipinski definition) is 8. The van der Waals surface area contributed by atoms with Crippen LogP contribution < -0.4 is 21.3 Å². The van der Waals surface area contributed by atoms with Gasteiger partial charge in [0, 0.05) is 84.4 Å². The maximum absolute atomic E-state index is 11.0. The van der Waals surface area contributed by atoms with Gasteiger partial charge in [-0.2, -0.15) is 0 Å². The van der Waals surface area contributed by atoms with Crippen LogP contribution >= 0.6 is 23.5 Å². The number of thioether (sulfide) groups is 2. The average molecular weight is 533 g/mol. The third kappa shape index (κ3) is 8.30. The highest BCUT2D eigenvalue weighted by atomic mass is 32.2. The molecule has 0 saturated carbocycles. The van der Waals surface area contributed by atoms with Crippen molar-refractivity contribution >= 4 is 23.5 Å². The lowest BCUT2D eigenvalue weighted by molar-refractivity contribution is 0.313. The van der Waals surface area contributed by atoms with Gasteiger partial charge in [-0.05, 0) is 47.6 Å². The molecule has 4 bridgehead atoms. The molecule has 0 aromatic heterocycles. The molecule has 2 aromatic rings. The molecule has 0 spiro atoms. The number of fused-ring (bicyclic) bond motifs is 4. The summed E-state index contributed by atoms with van der Waals surface area (Å²) in [6.45, 7) is 14.6. The van der Waals surface area contributed by atoms with Crippen molar-refractivity contribution in [2.45, 2.75) is 63.7 Å². The lowest BCUT2D eigenvalue weighted by Crippen LogP contribution is -2.38. The summed E-state index contributed by atoms with van der Waals surface area (Å²) >= 11 is 3.40. The van der Waals surface area contributed by atoms with Crippen molar-refractivity contribution in [3.05, 3.63) is 46.5 Å². The number of aromatic hydroxyl groups is 2. The summed E-state index contributed by atoms with van der Waals surface area (Å²) in [6, 6.07) is 8.34. The highest BCUT2D eigenvalue weighted by molar-refractivity contribution is 7.98. The second-order valence-electron chi connectivity index (χ2n) is 11.3. The van der Waals surface area contributed by atoms with Crippen LogP contribution in [0.1, 0.15) is 49.9 Å². The van der Waals surface area contributed by atoms with E-state index >= 15 is 0 Å². The van der Waals surface area contributed by atoms with Crippen molar-refractivity contribution in [2.24, 2.45) is 10.8 Å². The molecule has 0 amide bonds. The van der Waals surface area contributed by atoms with E-state index in [2.05, 4.69) is 85.7 Å². The van der Waals surface area contributed by atoms with E-state index in [4.69, 9.17) is 0 Å². The highest BCUT2D eigenvalue weighted by Gasteiger charge is 2.21. The second kappa shape index (κ2) is 12.9. The van der Waals surface area contributed by atoms with Gasteiger partial charge in [-0.15, -0.1) is 23.5 Å². The molecule has 0 aliphatic carbocycles. The second-order valence-corrected chi connectivity index (χ2v) is 13.1. The molecule has 8 heteroatoms. The summed E-state index contributed by atoms with van der Waals surface area (Å²) in [5.74, 6) is 0.764. The number of hydrogen-bond donors (Lipinski definition) is 6. The number of phenolic OH excluding ortho intramolecular Hbond substituents is 2. The Balaban J connectivity index is 1.83. The summed E-state index contributed by atoms with van der Waals surface area (Å²) in [5, 5.41) is 36.2. The average Bonchev–Trinajstić information content (AvgIpc) is 2.82. The molecule has 0 radical (unpaired) electrons. The van der Waals surface area contributed by atoms with Crippen LogP contribution in [0.15, 0.2) is 34.1 Å². The smallest absolute Gasteiger partial charge is 0.124 e. The molecule has 6 nitrogen and oxygen atoms in total. The minimum absolute atomic E-state index is 0.000654. The van der Waals surface area contributed by atoms with Gasteiger partial charge in [0.1, 0.15) is 11.5 Å². The number of nitrogens with one attached hydrogen (secondary N) is 4. The van der Waals surface area contributed by atoms with Crippen LogP contribution in [0.2, 0.25) is 0 Å². The van der Waals surface area contributed by atoms with Crippen molar-refractivity contribution in [3.8, 4) is 11.5 Å². The van der Waals surface area contributed by atoms with Gasteiger partial charge in [-0.25, -0.2) is 0 Å². The molecule has 1 aliphatic heterocycles. The van der Waals surface area contributed by atoms with E-state index in [1.54, 1.807) is 23.5 Å². The van der Waals surface area contributed by atoms with Crippen LogP contribution in [-0.4, -0.2) is 48.9 Å². The maximum Gasteiger partial charge on any atom is 0.124 e. The van der Waals surface area contributed by atoms with E-state index in [9.17, 15) is 10.2 Å². The summed E-state index contributed by atoms with van der Waals surface area (Å²) in [5.41, 5.74) is 3.74. The molecule has 0 fully saturated rings. The molecule has 3 rings (SSSR count). The molecule has 0 saturated heterocycles. The minimum Gasteiger partial charge on any atom is -0.507 e. The first-order valence-corrected chi connectivity index (χ1v) is 15.1. The molecule has 1 heterocycles. The monoisotopic (exact) mass is 532 g/mol. The van der Waals surface area contributed by atoms with E-state index in [0.717, 1.165) is 58.2 Å². The standard InChI is InChI=1S/C28H44N4O2S2/c1-27(2)15-29-11-19-7-23(35-5)9-21(25(19)33)13-31-17-28(3,4)18-32-14-22-10-24(36-6)8-20(26(22)34)12-30-16-27/h7-10,29-34H,11-18H2,1-6H3. The molecule has 2 aromatic carbocycles. The van der Waals surface area contributed by atoms with Gasteiger partial charge in [-0.1, -0.05) is 27.7 Å². The van der Waals surface area contributed by atoms with Crippen molar-refractivity contribution in [2.75, 3.05) is 38.7 Å². The van der Waals surface area contributed by atoms with Gasteiger partial charge in [0.2, 0.25) is 0 Å². The predicted octanol–water partition coefficient (Wildman–Crippen LogP) is 4.67. The number of rotatable bonds is 2. The largest absolute Gasteiger partial charge is 0.507 e. The summed E-state index contributed by atoms with van der Waals surface area (Å²) < 4.78 is 0. The van der Waals surface area contributed by atoms with Gasteiger partial charge >= 0.3 is 0 Å². The lowest BCUT2D eigenvalue weighted by atomic mass is 9.92. The van der Waals surface area contributed by atoms with Crippen LogP contribution in [-0.2, 0) is 26.2 Å².